The van der Waals surface area contributed by atoms with Crippen molar-refractivity contribution >= 4 is 5.97 Å². The highest BCUT2D eigenvalue weighted by Crippen LogP contribution is 2.26. The Hall–Kier alpha value is -1.79. The first kappa shape index (κ1) is 56.3. The summed E-state index contributed by atoms with van der Waals surface area (Å²) in [6, 6.07) is 0. The Bertz CT molecular complexity index is 1170. The zero-order valence-electron chi connectivity index (χ0n) is 38.1. The monoisotopic (exact) mass is 887 g/mol. The minimum Gasteiger partial charge on any atom is -0.457 e. The van der Waals surface area contributed by atoms with E-state index < -0.39 is 86.7 Å². The van der Waals surface area contributed by atoms with Gasteiger partial charge in [0, 0.05) is 13.0 Å². The zero-order chi connectivity index (χ0) is 45.2. The molecule has 11 atom stereocenters. The molecule has 0 aliphatic carbocycles. The van der Waals surface area contributed by atoms with Crippen molar-refractivity contribution in [2.75, 3.05) is 33.0 Å². The number of hydrogen-bond donors (Lipinski definition) is 7. The van der Waals surface area contributed by atoms with Crippen LogP contribution in [0.5, 0.6) is 0 Å². The fourth-order valence-corrected chi connectivity index (χ4v) is 7.41. The zero-order valence-corrected chi connectivity index (χ0v) is 38.1. The molecule has 0 aromatic carbocycles. The number of rotatable bonds is 37. The van der Waals surface area contributed by atoms with Crippen molar-refractivity contribution in [3.8, 4) is 0 Å². The molecule has 0 aromatic rings. The van der Waals surface area contributed by atoms with Crippen molar-refractivity contribution in [2.45, 2.75) is 229 Å². The van der Waals surface area contributed by atoms with E-state index in [0.717, 1.165) is 57.8 Å². The van der Waals surface area contributed by atoms with Crippen molar-refractivity contribution < 1.29 is 69.0 Å². The Balaban J connectivity index is 1.64. The van der Waals surface area contributed by atoms with E-state index in [4.69, 9.17) is 28.4 Å². The molecule has 0 saturated carbocycles. The second kappa shape index (κ2) is 36.4. The fraction of sp³-hybridized carbons (Fsp3) is 0.854. The number of allylic oxidation sites excluding steroid dienone is 6. The first-order valence-corrected chi connectivity index (χ1v) is 24.1. The van der Waals surface area contributed by atoms with E-state index in [1.54, 1.807) is 0 Å². The molecule has 0 aromatic heterocycles. The van der Waals surface area contributed by atoms with Gasteiger partial charge in [-0.15, -0.1) is 0 Å². The summed E-state index contributed by atoms with van der Waals surface area (Å²) >= 11 is 0. The van der Waals surface area contributed by atoms with Gasteiger partial charge in [-0.2, -0.15) is 0 Å². The molecule has 2 heterocycles. The molecule has 11 unspecified atom stereocenters. The molecule has 2 fully saturated rings. The molecule has 0 bridgehead atoms. The molecule has 0 radical (unpaired) electrons. The summed E-state index contributed by atoms with van der Waals surface area (Å²) in [6.45, 7) is 3.52. The molecular weight excluding hydrogens is 801 g/mol. The molecule has 0 amide bonds. The lowest BCUT2D eigenvalue weighted by molar-refractivity contribution is -0.332. The Morgan fingerprint density at radius 2 is 1.00 bits per heavy atom. The summed E-state index contributed by atoms with van der Waals surface area (Å²) in [7, 11) is 0. The van der Waals surface area contributed by atoms with Crippen molar-refractivity contribution in [1.82, 2.24) is 0 Å². The van der Waals surface area contributed by atoms with Gasteiger partial charge in [-0.3, -0.25) is 4.79 Å². The summed E-state index contributed by atoms with van der Waals surface area (Å²) in [5, 5.41) is 71.6. The summed E-state index contributed by atoms with van der Waals surface area (Å²) in [4.78, 5) is 12.7. The Morgan fingerprint density at radius 1 is 0.532 bits per heavy atom. The number of ether oxygens (including phenoxy) is 6. The van der Waals surface area contributed by atoms with Gasteiger partial charge in [0.1, 0.15) is 54.9 Å². The van der Waals surface area contributed by atoms with Gasteiger partial charge in [0.05, 0.1) is 26.4 Å². The van der Waals surface area contributed by atoms with Crippen molar-refractivity contribution in [3.05, 3.63) is 36.5 Å². The average Bonchev–Trinajstić information content (AvgIpc) is 3.27. The lowest BCUT2D eigenvalue weighted by Gasteiger charge is -2.42. The lowest BCUT2D eigenvalue weighted by Crippen LogP contribution is -2.61. The van der Waals surface area contributed by atoms with Crippen LogP contribution in [0.3, 0.4) is 0 Å². The SMILES string of the molecule is CCCCCCC/C=C\C/C=C\C/C=C\CCCCCCCCCCCOCC(COC1OC(COC2OC(CO)C(O)C(O)C2O)C(O)C(O)C1O)OC(=O)CCCCCC. The topological polar surface area (TPSA) is 214 Å². The number of esters is 1. The lowest BCUT2D eigenvalue weighted by atomic mass is 9.98. The summed E-state index contributed by atoms with van der Waals surface area (Å²) in [5.74, 6) is -0.397. The molecule has 62 heavy (non-hydrogen) atoms. The Labute approximate surface area is 372 Å². The molecule has 7 N–H and O–H groups in total. The molecule has 14 heteroatoms. The molecule has 14 nitrogen and oxygen atoms in total. The maximum atomic E-state index is 12.7. The molecule has 2 aliphatic rings. The van der Waals surface area contributed by atoms with Crippen LogP contribution in [0.1, 0.15) is 162 Å². The van der Waals surface area contributed by atoms with Gasteiger partial charge < -0.3 is 64.2 Å². The normalized spacial score (nSPS) is 27.5. The molecular formula is C48H86O14. The van der Waals surface area contributed by atoms with E-state index in [1.807, 2.05) is 0 Å². The smallest absolute Gasteiger partial charge is 0.306 e. The summed E-state index contributed by atoms with van der Waals surface area (Å²) in [5.41, 5.74) is 0. The van der Waals surface area contributed by atoms with E-state index in [1.165, 1.54) is 77.0 Å². The van der Waals surface area contributed by atoms with Crippen LogP contribution in [0.2, 0.25) is 0 Å². The predicted molar refractivity (Wildman–Crippen MR) is 238 cm³/mol. The van der Waals surface area contributed by atoms with E-state index in [-0.39, 0.29) is 19.6 Å². The van der Waals surface area contributed by atoms with Gasteiger partial charge in [-0.25, -0.2) is 0 Å². The van der Waals surface area contributed by atoms with Gasteiger partial charge >= 0.3 is 5.97 Å². The first-order valence-electron chi connectivity index (χ1n) is 24.1. The van der Waals surface area contributed by atoms with Crippen molar-refractivity contribution in [3.63, 3.8) is 0 Å². The molecule has 2 aliphatic heterocycles. The number of carbonyl (C=O) groups is 1. The standard InChI is InChI=1S/C48H86O14/c1-3-5-7-9-10-11-12-13-14-15-16-17-18-19-20-21-22-23-24-25-26-27-28-30-32-57-34-37(60-40(50)31-29-8-6-4-2)35-58-47-46(56)44(54)42(52)39(62-47)36-59-48-45(55)43(53)41(51)38(33-49)61-48/h12-13,15-16,18-19,37-39,41-49,51-56H,3-11,14,17,20-36H2,1-2H3/b13-12-,16-15-,19-18-. The molecule has 0 spiro atoms. The maximum absolute atomic E-state index is 12.7. The van der Waals surface area contributed by atoms with Crippen LogP contribution in [0.25, 0.3) is 0 Å². The molecule has 2 saturated heterocycles. The highest BCUT2D eigenvalue weighted by Gasteiger charge is 2.47. The van der Waals surface area contributed by atoms with Crippen LogP contribution in [-0.2, 0) is 33.2 Å². The van der Waals surface area contributed by atoms with Crippen LogP contribution in [0.15, 0.2) is 36.5 Å². The molecule has 2 rings (SSSR count). The summed E-state index contributed by atoms with van der Waals surface area (Å²) < 4.78 is 33.9. The largest absolute Gasteiger partial charge is 0.457 e. The van der Waals surface area contributed by atoms with Gasteiger partial charge in [-0.1, -0.05) is 140 Å². The number of carbonyl (C=O) groups excluding carboxylic acids is 1. The highest BCUT2D eigenvalue weighted by molar-refractivity contribution is 5.69. The average molecular weight is 887 g/mol. The van der Waals surface area contributed by atoms with E-state index >= 15 is 0 Å². The van der Waals surface area contributed by atoms with Gasteiger partial charge in [0.2, 0.25) is 0 Å². The van der Waals surface area contributed by atoms with Crippen molar-refractivity contribution in [2.24, 2.45) is 0 Å². The third kappa shape index (κ3) is 24.5. The minimum atomic E-state index is -1.70. The summed E-state index contributed by atoms with van der Waals surface area (Å²) in [6.07, 6.45) is 23.0. The molecule has 362 valence electrons. The van der Waals surface area contributed by atoms with Crippen LogP contribution >= 0.6 is 0 Å². The van der Waals surface area contributed by atoms with Gasteiger partial charge in [0.25, 0.3) is 0 Å². The number of aliphatic hydroxyl groups is 7. The van der Waals surface area contributed by atoms with Crippen molar-refractivity contribution in [1.29, 1.82) is 0 Å². The third-order valence-electron chi connectivity index (χ3n) is 11.4. The van der Waals surface area contributed by atoms with Gasteiger partial charge in [0.15, 0.2) is 12.6 Å². The highest BCUT2D eigenvalue weighted by atomic mass is 16.7. The van der Waals surface area contributed by atoms with Crippen LogP contribution in [0, 0.1) is 0 Å². The number of aliphatic hydroxyl groups excluding tert-OH is 7. The van der Waals surface area contributed by atoms with Crippen LogP contribution in [-0.4, -0.2) is 142 Å². The van der Waals surface area contributed by atoms with E-state index in [9.17, 15) is 40.5 Å². The van der Waals surface area contributed by atoms with Crippen LogP contribution < -0.4 is 0 Å². The number of hydrogen-bond acceptors (Lipinski definition) is 14. The fourth-order valence-electron chi connectivity index (χ4n) is 7.41. The second-order valence-electron chi connectivity index (χ2n) is 16.9. The van der Waals surface area contributed by atoms with E-state index in [2.05, 4.69) is 50.3 Å². The number of unbranched alkanes of at least 4 members (excludes halogenated alkanes) is 17. The minimum absolute atomic E-state index is 0.0567. The van der Waals surface area contributed by atoms with Crippen LogP contribution in [0.4, 0.5) is 0 Å². The third-order valence-corrected chi connectivity index (χ3v) is 11.4. The first-order chi connectivity index (χ1) is 30.1. The predicted octanol–water partition coefficient (Wildman–Crippen LogP) is 6.24. The Kier molecular flexibility index (Phi) is 33.1. The maximum Gasteiger partial charge on any atom is 0.306 e. The van der Waals surface area contributed by atoms with Gasteiger partial charge in [-0.05, 0) is 51.4 Å². The second-order valence-corrected chi connectivity index (χ2v) is 16.9. The Morgan fingerprint density at radius 3 is 1.56 bits per heavy atom. The van der Waals surface area contributed by atoms with E-state index in [0.29, 0.717) is 13.0 Å². The quantitative estimate of drug-likeness (QED) is 0.0209.